The van der Waals surface area contributed by atoms with Crippen LogP contribution in [0, 0.1) is 5.92 Å². The van der Waals surface area contributed by atoms with E-state index in [1.165, 1.54) is 43.0 Å². The molecule has 0 aromatic carbocycles. The first-order valence-electron chi connectivity index (χ1n) is 10.7. The second-order valence-electron chi connectivity index (χ2n) is 8.44. The zero-order valence-electron chi connectivity index (χ0n) is 17.1. The van der Waals surface area contributed by atoms with E-state index in [2.05, 4.69) is 20.1 Å². The van der Waals surface area contributed by atoms with Gasteiger partial charge in [0.05, 0.1) is 24.7 Å². The van der Waals surface area contributed by atoms with Crippen LogP contribution in [0.2, 0.25) is 0 Å². The van der Waals surface area contributed by atoms with Crippen molar-refractivity contribution in [2.24, 2.45) is 5.92 Å². The van der Waals surface area contributed by atoms with E-state index in [-0.39, 0.29) is 5.82 Å². The van der Waals surface area contributed by atoms with Crippen LogP contribution in [-0.2, 0) is 11.3 Å². The molecule has 1 aliphatic carbocycles. The van der Waals surface area contributed by atoms with Gasteiger partial charge in [-0.25, -0.2) is 15.0 Å². The van der Waals surface area contributed by atoms with Gasteiger partial charge in [0.25, 0.3) is 0 Å². The maximum atomic E-state index is 10.4. The number of aliphatic hydroxyl groups excluding tert-OH is 3. The monoisotopic (exact) mass is 429 g/mol. The molecule has 4 heterocycles. The number of nitrogen functional groups attached to an aromatic ring is 1. The fourth-order valence-corrected chi connectivity index (χ4v) is 4.58. The maximum absolute atomic E-state index is 10.4. The van der Waals surface area contributed by atoms with Crippen molar-refractivity contribution >= 4 is 17.0 Å². The predicted octanol–water partition coefficient (Wildman–Crippen LogP) is 0.464. The lowest BCUT2D eigenvalue weighted by molar-refractivity contribution is -0.0511. The fraction of sp³-hybridized carbons (Fsp3) is 0.600. The van der Waals surface area contributed by atoms with Gasteiger partial charge < -0.3 is 25.8 Å². The average Bonchev–Trinajstić information content (AvgIpc) is 3.48. The molecule has 0 radical (unpaired) electrons. The molecule has 0 spiro atoms. The lowest BCUT2D eigenvalue weighted by Crippen LogP contribution is -2.33. The van der Waals surface area contributed by atoms with Crippen LogP contribution in [0.25, 0.3) is 22.6 Å². The SMILES string of the molecule is Nc1nc(-c2cnn(CC3CCCCC3)c2)nc2c1ncn2C1O[C@@H](CO)[C@H](O)[C@@H]1O. The topological polar surface area (TPSA) is 157 Å². The number of nitrogens with zero attached hydrogens (tertiary/aromatic N) is 6. The quantitative estimate of drug-likeness (QED) is 0.452. The molecule has 5 N–H and O–H groups in total. The maximum Gasteiger partial charge on any atom is 0.168 e. The summed E-state index contributed by atoms with van der Waals surface area (Å²) in [5, 5.41) is 34.3. The molecule has 1 aliphatic heterocycles. The molecule has 4 atom stereocenters. The van der Waals surface area contributed by atoms with Crippen LogP contribution in [0.5, 0.6) is 0 Å². The molecule has 11 nitrogen and oxygen atoms in total. The van der Waals surface area contributed by atoms with Crippen molar-refractivity contribution < 1.29 is 20.1 Å². The molecular formula is C20H27N7O4. The summed E-state index contributed by atoms with van der Waals surface area (Å²) in [5.74, 6) is 1.24. The Morgan fingerprint density at radius 1 is 1.13 bits per heavy atom. The number of aromatic nitrogens is 6. The van der Waals surface area contributed by atoms with Crippen molar-refractivity contribution in [3.63, 3.8) is 0 Å². The zero-order valence-corrected chi connectivity index (χ0v) is 17.1. The van der Waals surface area contributed by atoms with E-state index in [9.17, 15) is 15.3 Å². The minimum absolute atomic E-state index is 0.200. The zero-order chi connectivity index (χ0) is 21.5. The Morgan fingerprint density at radius 3 is 2.68 bits per heavy atom. The molecule has 2 aliphatic rings. The minimum atomic E-state index is -1.24. The van der Waals surface area contributed by atoms with E-state index < -0.39 is 31.1 Å². The number of ether oxygens (including phenoxy) is 1. The van der Waals surface area contributed by atoms with Gasteiger partial charge in [0.15, 0.2) is 23.5 Å². The number of anilines is 1. The van der Waals surface area contributed by atoms with Gasteiger partial charge >= 0.3 is 0 Å². The van der Waals surface area contributed by atoms with Gasteiger partial charge in [-0.1, -0.05) is 19.3 Å². The summed E-state index contributed by atoms with van der Waals surface area (Å²) in [4.78, 5) is 13.2. The highest BCUT2D eigenvalue weighted by atomic mass is 16.6. The second-order valence-corrected chi connectivity index (χ2v) is 8.44. The summed E-state index contributed by atoms with van der Waals surface area (Å²) in [6, 6.07) is 0. The third-order valence-corrected chi connectivity index (χ3v) is 6.30. The Balaban J connectivity index is 1.45. The van der Waals surface area contributed by atoms with E-state index in [4.69, 9.17) is 10.5 Å². The van der Waals surface area contributed by atoms with Crippen LogP contribution < -0.4 is 5.73 Å². The molecular weight excluding hydrogens is 402 g/mol. The summed E-state index contributed by atoms with van der Waals surface area (Å²) in [5.41, 5.74) is 7.61. The summed E-state index contributed by atoms with van der Waals surface area (Å²) in [7, 11) is 0. The standard InChI is InChI=1S/C20H27N7O4/c21-17-14-19(27(10-22-14)20-16(30)15(29)13(9-28)31-20)25-18(24-17)12-6-23-26(8-12)7-11-4-2-1-3-5-11/h6,8,10-11,13,15-16,20,28-30H,1-5,7,9H2,(H2,21,24,25)/t13-,15-,16-,20?/m0/s1. The van der Waals surface area contributed by atoms with Crippen molar-refractivity contribution in [1.82, 2.24) is 29.3 Å². The normalized spacial score (nSPS) is 27.3. The van der Waals surface area contributed by atoms with Crippen molar-refractivity contribution in [2.75, 3.05) is 12.3 Å². The van der Waals surface area contributed by atoms with Gasteiger partial charge in [-0.2, -0.15) is 5.10 Å². The smallest absolute Gasteiger partial charge is 0.168 e. The van der Waals surface area contributed by atoms with Crippen LogP contribution >= 0.6 is 0 Å². The summed E-state index contributed by atoms with van der Waals surface area (Å²) < 4.78 is 9.05. The average molecular weight is 429 g/mol. The molecule has 11 heteroatoms. The number of aliphatic hydroxyl groups is 3. The molecule has 5 rings (SSSR count). The lowest BCUT2D eigenvalue weighted by Gasteiger charge is -2.21. The lowest BCUT2D eigenvalue weighted by atomic mass is 9.89. The van der Waals surface area contributed by atoms with Gasteiger partial charge in [-0.05, 0) is 18.8 Å². The van der Waals surface area contributed by atoms with Gasteiger partial charge in [0.2, 0.25) is 0 Å². The Bertz CT molecular complexity index is 1060. The van der Waals surface area contributed by atoms with Crippen molar-refractivity contribution in [2.45, 2.75) is 63.2 Å². The summed E-state index contributed by atoms with van der Waals surface area (Å²) in [6.07, 6.45) is 7.10. The highest BCUT2D eigenvalue weighted by Crippen LogP contribution is 2.33. The number of hydrogen-bond acceptors (Lipinski definition) is 9. The molecule has 166 valence electrons. The van der Waals surface area contributed by atoms with Crippen molar-refractivity contribution in [3.8, 4) is 11.4 Å². The number of imidazole rings is 1. The van der Waals surface area contributed by atoms with Crippen LogP contribution in [0.3, 0.4) is 0 Å². The van der Waals surface area contributed by atoms with E-state index in [1.807, 2.05) is 10.9 Å². The van der Waals surface area contributed by atoms with Gasteiger partial charge in [-0.15, -0.1) is 0 Å². The van der Waals surface area contributed by atoms with E-state index >= 15 is 0 Å². The Hall–Kier alpha value is -2.60. The molecule has 2 fully saturated rings. The highest BCUT2D eigenvalue weighted by Gasteiger charge is 2.44. The van der Waals surface area contributed by atoms with E-state index in [0.717, 1.165) is 12.1 Å². The minimum Gasteiger partial charge on any atom is -0.394 e. The van der Waals surface area contributed by atoms with Crippen LogP contribution in [0.1, 0.15) is 38.3 Å². The second kappa shape index (κ2) is 8.15. The van der Waals surface area contributed by atoms with Crippen molar-refractivity contribution in [3.05, 3.63) is 18.7 Å². The third kappa shape index (κ3) is 3.67. The third-order valence-electron chi connectivity index (χ3n) is 6.30. The first kappa shape index (κ1) is 20.3. The van der Waals surface area contributed by atoms with Crippen molar-refractivity contribution in [1.29, 1.82) is 0 Å². The van der Waals surface area contributed by atoms with Gasteiger partial charge in [0.1, 0.15) is 23.8 Å². The van der Waals surface area contributed by atoms with E-state index in [1.54, 1.807) is 6.20 Å². The number of fused-ring (bicyclic) bond motifs is 1. The first-order chi connectivity index (χ1) is 15.0. The Kier molecular flexibility index (Phi) is 5.34. The predicted molar refractivity (Wildman–Crippen MR) is 111 cm³/mol. The van der Waals surface area contributed by atoms with Gasteiger partial charge in [0, 0.05) is 12.7 Å². The number of rotatable bonds is 5. The number of nitrogens with two attached hydrogens (primary N) is 1. The highest BCUT2D eigenvalue weighted by molar-refractivity contribution is 5.83. The first-order valence-corrected chi connectivity index (χ1v) is 10.7. The van der Waals surface area contributed by atoms with Crippen LogP contribution in [-0.4, -0.2) is 69.5 Å². The van der Waals surface area contributed by atoms with Gasteiger partial charge in [-0.3, -0.25) is 9.25 Å². The Labute approximate surface area is 178 Å². The summed E-state index contributed by atoms with van der Waals surface area (Å²) >= 11 is 0. The largest absolute Gasteiger partial charge is 0.394 e. The fourth-order valence-electron chi connectivity index (χ4n) is 4.58. The molecule has 0 bridgehead atoms. The molecule has 0 amide bonds. The molecule has 3 aromatic rings. The molecule has 1 saturated heterocycles. The molecule has 1 unspecified atom stereocenters. The Morgan fingerprint density at radius 2 is 1.94 bits per heavy atom. The van der Waals surface area contributed by atoms with Crippen LogP contribution in [0.4, 0.5) is 5.82 Å². The number of hydrogen-bond donors (Lipinski definition) is 4. The molecule has 31 heavy (non-hydrogen) atoms. The summed E-state index contributed by atoms with van der Waals surface area (Å²) in [6.45, 7) is 0.460. The molecule has 1 saturated carbocycles. The van der Waals surface area contributed by atoms with Crippen LogP contribution in [0.15, 0.2) is 18.7 Å². The molecule has 3 aromatic heterocycles. The van der Waals surface area contributed by atoms with E-state index in [0.29, 0.717) is 22.9 Å².